The number of amides is 2. The summed E-state index contributed by atoms with van der Waals surface area (Å²) in [6, 6.07) is 19.4. The molecular weight excluding hydrogens is 442 g/mol. The highest BCUT2D eigenvalue weighted by atomic mass is 16.2. The molecule has 0 unspecified atom stereocenters. The first-order chi connectivity index (χ1) is 17.0. The predicted octanol–water partition coefficient (Wildman–Crippen LogP) is 3.73. The lowest BCUT2D eigenvalue weighted by atomic mass is 10.1. The van der Waals surface area contributed by atoms with E-state index in [9.17, 15) is 9.59 Å². The van der Waals surface area contributed by atoms with Gasteiger partial charge < -0.3 is 10.6 Å². The quantitative estimate of drug-likeness (QED) is 0.156. The van der Waals surface area contributed by atoms with Gasteiger partial charge in [-0.25, -0.2) is 20.6 Å². The molecule has 0 bridgehead atoms. The summed E-state index contributed by atoms with van der Waals surface area (Å²) in [5.41, 5.74) is 4.08. The van der Waals surface area contributed by atoms with Gasteiger partial charge in [-0.2, -0.15) is 0 Å². The number of anilines is 2. The number of carbonyl (C=O) groups is 2. The van der Waals surface area contributed by atoms with Gasteiger partial charge in [0.2, 0.25) is 0 Å². The number of benzene rings is 2. The topological polar surface area (TPSA) is 126 Å². The molecule has 9 nitrogen and oxygen atoms in total. The molecule has 35 heavy (non-hydrogen) atoms. The molecule has 0 spiro atoms. The lowest BCUT2D eigenvalue weighted by Crippen LogP contribution is -2.40. The summed E-state index contributed by atoms with van der Waals surface area (Å²) in [5, 5.41) is 6.95. The number of hydrazine groups is 1. The van der Waals surface area contributed by atoms with Crippen molar-refractivity contribution in [2.24, 2.45) is 5.84 Å². The maximum Gasteiger partial charge on any atom is 0.319 e. The van der Waals surface area contributed by atoms with Gasteiger partial charge >= 0.3 is 6.03 Å². The van der Waals surface area contributed by atoms with E-state index in [4.69, 9.17) is 5.84 Å². The van der Waals surface area contributed by atoms with E-state index in [-0.39, 0.29) is 11.8 Å². The molecule has 2 heterocycles. The molecule has 0 fully saturated rings. The second-order valence-corrected chi connectivity index (χ2v) is 7.77. The molecule has 176 valence electrons. The molecule has 2 aromatic carbocycles. The minimum Gasteiger partial charge on any atom is -0.336 e. The van der Waals surface area contributed by atoms with Crippen LogP contribution in [0, 0.1) is 6.92 Å². The van der Waals surface area contributed by atoms with Gasteiger partial charge in [0.25, 0.3) is 0 Å². The van der Waals surface area contributed by atoms with Crippen molar-refractivity contribution in [2.45, 2.75) is 6.92 Å². The number of urea groups is 1. The monoisotopic (exact) mass is 467 g/mol. The number of nitrogens with zero attached hydrogens (tertiary/aromatic N) is 4. The van der Waals surface area contributed by atoms with E-state index in [0.29, 0.717) is 35.9 Å². The van der Waals surface area contributed by atoms with Gasteiger partial charge in [-0.05, 0) is 67.6 Å². The van der Waals surface area contributed by atoms with Crippen molar-refractivity contribution >= 4 is 40.4 Å². The maximum atomic E-state index is 12.5. The molecule has 0 aliphatic heterocycles. The zero-order chi connectivity index (χ0) is 24.6. The van der Waals surface area contributed by atoms with Crippen LogP contribution >= 0.6 is 0 Å². The van der Waals surface area contributed by atoms with E-state index in [1.54, 1.807) is 42.6 Å². The molecule has 0 aliphatic carbocycles. The predicted molar refractivity (Wildman–Crippen MR) is 137 cm³/mol. The van der Waals surface area contributed by atoms with E-state index < -0.39 is 0 Å². The van der Waals surface area contributed by atoms with Crippen molar-refractivity contribution in [3.63, 3.8) is 0 Å². The summed E-state index contributed by atoms with van der Waals surface area (Å²) in [6.45, 7) is 2.61. The Balaban J connectivity index is 1.26. The molecule has 4 N–H and O–H groups in total. The number of hydrogen-bond donors (Lipinski definition) is 3. The summed E-state index contributed by atoms with van der Waals surface area (Å²) in [5.74, 6) is 6.44. The number of nitrogens with two attached hydrogens (primary N) is 1. The zero-order valence-corrected chi connectivity index (χ0v) is 19.2. The van der Waals surface area contributed by atoms with Crippen LogP contribution in [0.1, 0.15) is 21.7 Å². The van der Waals surface area contributed by atoms with Crippen LogP contribution in [-0.4, -0.2) is 39.9 Å². The summed E-state index contributed by atoms with van der Waals surface area (Å²) >= 11 is 0. The van der Waals surface area contributed by atoms with Crippen LogP contribution in [0.4, 0.5) is 16.3 Å². The highest BCUT2D eigenvalue weighted by Crippen LogP contribution is 2.13. The standard InChI is InChI=1S/C26H25N7O2/c1-18-5-4-8-25(30-18)33(27)16-15-28-26(35)32-20-11-9-19(10-12-20)24(34)14-13-21-17-29-22-6-2-3-7-23(22)31-21/h2-14,17H,15-16,27H2,1H3,(H2,28,32,35). The number of pyridine rings is 1. The third-order valence-electron chi connectivity index (χ3n) is 5.11. The van der Waals surface area contributed by atoms with Gasteiger partial charge in [-0.3, -0.25) is 14.8 Å². The van der Waals surface area contributed by atoms with E-state index >= 15 is 0 Å². The van der Waals surface area contributed by atoms with Gasteiger partial charge in [0, 0.05) is 23.5 Å². The largest absolute Gasteiger partial charge is 0.336 e. The van der Waals surface area contributed by atoms with Crippen LogP contribution in [0.5, 0.6) is 0 Å². The summed E-state index contributed by atoms with van der Waals surface area (Å²) < 4.78 is 0. The van der Waals surface area contributed by atoms with Crippen LogP contribution in [0.25, 0.3) is 17.1 Å². The first kappa shape index (κ1) is 23.5. The van der Waals surface area contributed by atoms with Crippen molar-refractivity contribution in [1.82, 2.24) is 20.3 Å². The third-order valence-corrected chi connectivity index (χ3v) is 5.11. The number of para-hydroxylation sites is 2. The number of nitrogens with one attached hydrogen (secondary N) is 2. The molecule has 2 amide bonds. The second-order valence-electron chi connectivity index (χ2n) is 7.77. The van der Waals surface area contributed by atoms with E-state index in [1.165, 1.54) is 11.1 Å². The molecule has 2 aromatic heterocycles. The van der Waals surface area contributed by atoms with Crippen LogP contribution < -0.4 is 21.5 Å². The van der Waals surface area contributed by atoms with Gasteiger partial charge in [0.1, 0.15) is 5.82 Å². The first-order valence-electron chi connectivity index (χ1n) is 11.0. The Morgan fingerprint density at radius 2 is 1.74 bits per heavy atom. The van der Waals surface area contributed by atoms with Crippen molar-refractivity contribution in [1.29, 1.82) is 0 Å². The molecule has 0 atom stereocenters. The first-order valence-corrected chi connectivity index (χ1v) is 11.0. The second kappa shape index (κ2) is 11.0. The van der Waals surface area contributed by atoms with Gasteiger partial charge in [-0.1, -0.05) is 18.2 Å². The smallest absolute Gasteiger partial charge is 0.319 e. The number of hydrogen-bond acceptors (Lipinski definition) is 7. The normalized spacial score (nSPS) is 10.9. The Labute approximate surface area is 202 Å². The average Bonchev–Trinajstić information content (AvgIpc) is 2.87. The summed E-state index contributed by atoms with van der Waals surface area (Å²) in [6.07, 6.45) is 4.71. The van der Waals surface area contributed by atoms with Crippen molar-refractivity contribution in [2.75, 3.05) is 23.4 Å². The lowest BCUT2D eigenvalue weighted by Gasteiger charge is -2.18. The van der Waals surface area contributed by atoms with E-state index in [1.807, 2.05) is 43.3 Å². The van der Waals surface area contributed by atoms with Crippen LogP contribution in [0.3, 0.4) is 0 Å². The van der Waals surface area contributed by atoms with Crippen molar-refractivity contribution < 1.29 is 9.59 Å². The van der Waals surface area contributed by atoms with Gasteiger partial charge in [0.05, 0.1) is 29.5 Å². The Morgan fingerprint density at radius 1 is 0.971 bits per heavy atom. The fourth-order valence-electron chi connectivity index (χ4n) is 3.30. The number of rotatable bonds is 8. The average molecular weight is 468 g/mol. The van der Waals surface area contributed by atoms with Crippen LogP contribution in [-0.2, 0) is 0 Å². The Kier molecular flexibility index (Phi) is 7.39. The van der Waals surface area contributed by atoms with E-state index in [2.05, 4.69) is 25.6 Å². The SMILES string of the molecule is Cc1cccc(N(N)CCNC(=O)Nc2ccc(C(=O)C=Cc3cnc4ccccc4n3)cc2)n1. The highest BCUT2D eigenvalue weighted by Gasteiger charge is 2.07. The molecule has 0 saturated heterocycles. The number of fused-ring (bicyclic) bond motifs is 1. The maximum absolute atomic E-state index is 12.5. The lowest BCUT2D eigenvalue weighted by molar-refractivity contribution is 0.104. The fourth-order valence-corrected chi connectivity index (χ4v) is 3.30. The molecule has 4 rings (SSSR count). The zero-order valence-electron chi connectivity index (χ0n) is 19.2. The highest BCUT2D eigenvalue weighted by molar-refractivity contribution is 6.07. The van der Waals surface area contributed by atoms with E-state index in [0.717, 1.165) is 16.7 Å². The van der Waals surface area contributed by atoms with Crippen LogP contribution in [0.15, 0.2) is 79.0 Å². The minimum atomic E-state index is -0.371. The van der Waals surface area contributed by atoms with Gasteiger partial charge in [0.15, 0.2) is 5.78 Å². The van der Waals surface area contributed by atoms with Gasteiger partial charge in [-0.15, -0.1) is 0 Å². The molecular formula is C26H25N7O2. The Bertz CT molecular complexity index is 1370. The minimum absolute atomic E-state index is 0.177. The number of allylic oxidation sites excluding steroid dienone is 1. The molecule has 0 aliphatic rings. The Hall–Kier alpha value is -4.63. The number of aryl methyl sites for hydroxylation is 1. The van der Waals surface area contributed by atoms with Crippen LogP contribution in [0.2, 0.25) is 0 Å². The number of carbonyl (C=O) groups excluding carboxylic acids is 2. The molecule has 4 aromatic rings. The number of ketones is 1. The Morgan fingerprint density at radius 3 is 2.51 bits per heavy atom. The molecule has 9 heteroatoms. The molecule has 0 saturated carbocycles. The van der Waals surface area contributed by atoms with Crippen molar-refractivity contribution in [3.05, 3.63) is 96.0 Å². The summed E-state index contributed by atoms with van der Waals surface area (Å²) in [7, 11) is 0. The summed E-state index contributed by atoms with van der Waals surface area (Å²) in [4.78, 5) is 37.8. The fraction of sp³-hybridized carbons (Fsp3) is 0.115. The van der Waals surface area contributed by atoms with Crippen molar-refractivity contribution in [3.8, 4) is 0 Å². The third kappa shape index (κ3) is 6.46. The molecule has 0 radical (unpaired) electrons. The number of aromatic nitrogens is 3.